The van der Waals surface area contributed by atoms with Crippen molar-refractivity contribution in [2.24, 2.45) is 0 Å². The largest absolute Gasteiger partial charge is 0.295 e. The number of hydrogen-bond donors (Lipinski definition) is 0. The van der Waals surface area contributed by atoms with Gasteiger partial charge in [-0.1, -0.05) is 47.1 Å². The SMILES string of the molecule is CC(=O)c1ccc(SC(Cl)Cl)cc1. The van der Waals surface area contributed by atoms with E-state index in [1.807, 2.05) is 12.1 Å². The van der Waals surface area contributed by atoms with Crippen LogP contribution in [0.5, 0.6) is 0 Å². The van der Waals surface area contributed by atoms with E-state index in [0.717, 1.165) is 4.90 Å². The molecule has 0 heterocycles. The van der Waals surface area contributed by atoms with Crippen molar-refractivity contribution in [3.63, 3.8) is 0 Å². The van der Waals surface area contributed by atoms with E-state index in [4.69, 9.17) is 23.2 Å². The van der Waals surface area contributed by atoms with Gasteiger partial charge in [0.25, 0.3) is 0 Å². The summed E-state index contributed by atoms with van der Waals surface area (Å²) in [4.78, 5) is 11.9. The van der Waals surface area contributed by atoms with Crippen LogP contribution in [0.4, 0.5) is 0 Å². The van der Waals surface area contributed by atoms with Crippen LogP contribution in [0.25, 0.3) is 0 Å². The van der Waals surface area contributed by atoms with Crippen LogP contribution in [0.3, 0.4) is 0 Å². The molecule has 0 aliphatic rings. The van der Waals surface area contributed by atoms with Crippen LogP contribution in [0.15, 0.2) is 29.2 Å². The molecule has 1 rings (SSSR count). The molecular formula is C9H8Cl2OS. The van der Waals surface area contributed by atoms with Gasteiger partial charge in [0.15, 0.2) is 9.95 Å². The van der Waals surface area contributed by atoms with Gasteiger partial charge in [0.2, 0.25) is 0 Å². The van der Waals surface area contributed by atoms with E-state index in [0.29, 0.717) is 5.56 Å². The van der Waals surface area contributed by atoms with Crippen molar-refractivity contribution < 1.29 is 4.79 Å². The van der Waals surface area contributed by atoms with Gasteiger partial charge in [0, 0.05) is 10.5 Å². The first-order valence-electron chi connectivity index (χ1n) is 3.65. The quantitative estimate of drug-likeness (QED) is 0.451. The lowest BCUT2D eigenvalue weighted by Crippen LogP contribution is -1.90. The van der Waals surface area contributed by atoms with Crippen molar-refractivity contribution >= 4 is 40.7 Å². The summed E-state index contributed by atoms with van der Waals surface area (Å²) in [6, 6.07) is 7.19. The summed E-state index contributed by atoms with van der Waals surface area (Å²) >= 11 is 12.5. The van der Waals surface area contributed by atoms with Crippen LogP contribution < -0.4 is 0 Å². The van der Waals surface area contributed by atoms with Crippen molar-refractivity contribution in [3.05, 3.63) is 29.8 Å². The van der Waals surface area contributed by atoms with Gasteiger partial charge in [0.1, 0.15) is 0 Å². The monoisotopic (exact) mass is 234 g/mol. The van der Waals surface area contributed by atoms with Crippen molar-refractivity contribution in [1.29, 1.82) is 0 Å². The number of benzene rings is 1. The van der Waals surface area contributed by atoms with E-state index in [-0.39, 0.29) is 5.78 Å². The Balaban J connectivity index is 2.75. The first-order valence-corrected chi connectivity index (χ1v) is 5.40. The highest BCUT2D eigenvalue weighted by Crippen LogP contribution is 2.28. The molecule has 0 saturated heterocycles. The van der Waals surface area contributed by atoms with Gasteiger partial charge in [-0.15, -0.1) is 0 Å². The molecule has 0 spiro atoms. The van der Waals surface area contributed by atoms with Crippen molar-refractivity contribution in [2.45, 2.75) is 16.0 Å². The van der Waals surface area contributed by atoms with E-state index in [2.05, 4.69) is 0 Å². The molecule has 0 atom stereocenters. The minimum absolute atomic E-state index is 0.0600. The predicted molar refractivity (Wildman–Crippen MR) is 57.8 cm³/mol. The van der Waals surface area contributed by atoms with E-state index in [1.54, 1.807) is 12.1 Å². The lowest BCUT2D eigenvalue weighted by Gasteiger charge is -2.01. The molecule has 13 heavy (non-hydrogen) atoms. The number of halogens is 2. The fraction of sp³-hybridized carbons (Fsp3) is 0.222. The van der Waals surface area contributed by atoms with Gasteiger partial charge in [-0.05, 0) is 19.1 Å². The Morgan fingerprint density at radius 2 is 1.85 bits per heavy atom. The molecular weight excluding hydrogens is 227 g/mol. The second-order valence-electron chi connectivity index (χ2n) is 2.46. The highest BCUT2D eigenvalue weighted by Gasteiger charge is 2.03. The maximum atomic E-state index is 10.9. The Morgan fingerprint density at radius 3 is 2.23 bits per heavy atom. The molecule has 0 aliphatic carbocycles. The van der Waals surface area contributed by atoms with Crippen LogP contribution in [0, 0.1) is 0 Å². The van der Waals surface area contributed by atoms with Gasteiger partial charge >= 0.3 is 0 Å². The molecule has 0 aliphatic heterocycles. The third-order valence-electron chi connectivity index (χ3n) is 1.49. The predicted octanol–water partition coefficient (Wildman–Crippen LogP) is 3.74. The standard InChI is InChI=1S/C9H8Cl2OS/c1-6(12)7-2-4-8(5-3-7)13-9(10)11/h2-5,9H,1H3. The van der Waals surface area contributed by atoms with E-state index in [1.165, 1.54) is 18.7 Å². The minimum Gasteiger partial charge on any atom is -0.295 e. The third kappa shape index (κ3) is 3.59. The highest BCUT2D eigenvalue weighted by atomic mass is 35.5. The zero-order valence-electron chi connectivity index (χ0n) is 6.96. The number of Topliss-reactive ketones (excluding diaryl/α,β-unsaturated/α-hetero) is 1. The zero-order chi connectivity index (χ0) is 9.84. The lowest BCUT2D eigenvalue weighted by molar-refractivity contribution is 0.101. The molecule has 0 unspecified atom stereocenters. The molecule has 1 nitrogen and oxygen atoms in total. The fourth-order valence-electron chi connectivity index (χ4n) is 0.871. The number of hydrogen-bond acceptors (Lipinski definition) is 2. The number of alkyl halides is 2. The Hall–Kier alpha value is -0.180. The van der Waals surface area contributed by atoms with Gasteiger partial charge in [-0.25, -0.2) is 0 Å². The Kier molecular flexibility index (Phi) is 4.10. The molecule has 0 saturated carbocycles. The molecule has 70 valence electrons. The van der Waals surface area contributed by atoms with Gasteiger partial charge < -0.3 is 0 Å². The second-order valence-corrected chi connectivity index (χ2v) is 5.25. The molecule has 0 fully saturated rings. The summed E-state index contributed by atoms with van der Waals surface area (Å²) in [7, 11) is 0. The third-order valence-corrected chi connectivity index (χ3v) is 2.74. The van der Waals surface area contributed by atoms with E-state index in [9.17, 15) is 4.79 Å². The summed E-state index contributed by atoms with van der Waals surface area (Å²) in [6.45, 7) is 1.54. The van der Waals surface area contributed by atoms with Crippen LogP contribution in [0.2, 0.25) is 0 Å². The summed E-state index contributed by atoms with van der Waals surface area (Å²) < 4.78 is -0.469. The van der Waals surface area contributed by atoms with E-state index >= 15 is 0 Å². The molecule has 0 amide bonds. The van der Waals surface area contributed by atoms with Crippen LogP contribution >= 0.6 is 35.0 Å². The number of carbonyl (C=O) groups excluding carboxylic acids is 1. The smallest absolute Gasteiger partial charge is 0.159 e. The highest BCUT2D eigenvalue weighted by molar-refractivity contribution is 8.02. The summed E-state index contributed by atoms with van der Waals surface area (Å²) in [5.74, 6) is 0.0600. The molecule has 0 bridgehead atoms. The van der Waals surface area contributed by atoms with Crippen LogP contribution in [-0.2, 0) is 0 Å². The number of rotatable bonds is 3. The first kappa shape index (κ1) is 10.9. The maximum Gasteiger partial charge on any atom is 0.159 e. The van der Waals surface area contributed by atoms with Gasteiger partial charge in [-0.2, -0.15) is 0 Å². The molecule has 1 aromatic rings. The normalized spacial score (nSPS) is 10.5. The van der Waals surface area contributed by atoms with E-state index < -0.39 is 4.17 Å². The van der Waals surface area contributed by atoms with Crippen molar-refractivity contribution in [3.8, 4) is 0 Å². The zero-order valence-corrected chi connectivity index (χ0v) is 9.29. The average Bonchev–Trinajstić information content (AvgIpc) is 2.04. The van der Waals surface area contributed by atoms with Crippen LogP contribution in [-0.4, -0.2) is 9.95 Å². The average molecular weight is 235 g/mol. The molecule has 1 aromatic carbocycles. The number of thioether (sulfide) groups is 1. The second kappa shape index (κ2) is 4.89. The lowest BCUT2D eigenvalue weighted by atomic mass is 10.2. The number of ketones is 1. The summed E-state index contributed by atoms with van der Waals surface area (Å²) in [5.41, 5.74) is 0.699. The first-order chi connectivity index (χ1) is 6.09. The summed E-state index contributed by atoms with van der Waals surface area (Å²) in [6.07, 6.45) is 0. The molecule has 0 radical (unpaired) electrons. The van der Waals surface area contributed by atoms with Crippen molar-refractivity contribution in [1.82, 2.24) is 0 Å². The topological polar surface area (TPSA) is 17.1 Å². The van der Waals surface area contributed by atoms with Gasteiger partial charge in [-0.3, -0.25) is 4.79 Å². The fourth-order valence-corrected chi connectivity index (χ4v) is 1.99. The maximum absolute atomic E-state index is 10.9. The van der Waals surface area contributed by atoms with Crippen LogP contribution in [0.1, 0.15) is 17.3 Å². The van der Waals surface area contributed by atoms with Gasteiger partial charge in [0.05, 0.1) is 0 Å². The molecule has 0 aromatic heterocycles. The van der Waals surface area contributed by atoms with Crippen molar-refractivity contribution in [2.75, 3.05) is 0 Å². The molecule has 4 heteroatoms. The Labute approximate surface area is 91.4 Å². The molecule has 0 N–H and O–H groups in total. The number of carbonyl (C=O) groups is 1. The minimum atomic E-state index is -0.469. The Bertz CT molecular complexity index is 295. The Morgan fingerprint density at radius 1 is 1.31 bits per heavy atom. The summed E-state index contributed by atoms with van der Waals surface area (Å²) in [5, 5.41) is 0.